The molecular formula is C49H54N4OSi. The van der Waals surface area contributed by atoms with Gasteiger partial charge in [0.05, 0.1) is 19.3 Å². The summed E-state index contributed by atoms with van der Waals surface area (Å²) in [5, 5.41) is 13.4. The lowest BCUT2D eigenvalue weighted by Gasteiger charge is -2.27. The molecule has 0 atom stereocenters. The number of fused-ring (bicyclic) bond motifs is 1. The minimum Gasteiger partial charge on any atom is -0.507 e. The van der Waals surface area contributed by atoms with Gasteiger partial charge in [-0.1, -0.05) is 128 Å². The van der Waals surface area contributed by atoms with Crippen LogP contribution in [-0.2, 0) is 10.8 Å². The molecule has 4 aromatic carbocycles. The number of aromatic hydroxyl groups is 1. The molecule has 55 heavy (non-hydrogen) atoms. The standard InChI is InChI=1S/C49H54N4OSi/c1-31(2)53-46(40-27-37(48(3,4)5)28-41(45(40)54)49(6,7)8)52-44-38(22-23-50-47(44)53)35-24-34(32-18-14-12-15-19-32)25-36(26-35)42-29-39(33-20-16-13-17-21-33)43(30-51-42)55(9,10)11/h12-31,54H,1-11H3. The van der Waals surface area contributed by atoms with E-state index in [1.54, 1.807) is 0 Å². The Hall–Kier alpha value is -5.33. The van der Waals surface area contributed by atoms with E-state index in [0.717, 1.165) is 67.2 Å². The van der Waals surface area contributed by atoms with Crippen LogP contribution in [0.15, 0.2) is 116 Å². The SMILES string of the molecule is CC(C)n1c(-c2cc(C(C)(C)C)cc(C(C)(C)C)c2O)nc2c(-c3cc(-c4ccccc4)cc(-c4cc(-c5ccccc5)c([Si](C)(C)C)cn4)c3)ccnc21. The predicted octanol–water partition coefficient (Wildman–Crippen LogP) is 12.6. The monoisotopic (exact) mass is 742 g/mol. The largest absolute Gasteiger partial charge is 0.507 e. The first-order chi connectivity index (χ1) is 25.9. The molecule has 0 spiro atoms. The van der Waals surface area contributed by atoms with Gasteiger partial charge < -0.3 is 9.67 Å². The summed E-state index contributed by atoms with van der Waals surface area (Å²) in [5.74, 6) is 0.990. The lowest BCUT2D eigenvalue weighted by Crippen LogP contribution is -2.39. The summed E-state index contributed by atoms with van der Waals surface area (Å²) in [4.78, 5) is 15.5. The van der Waals surface area contributed by atoms with Crippen LogP contribution >= 0.6 is 0 Å². The second-order valence-corrected chi connectivity index (χ2v) is 23.3. The maximum atomic E-state index is 12.0. The van der Waals surface area contributed by atoms with Crippen LogP contribution in [0, 0.1) is 0 Å². The maximum absolute atomic E-state index is 12.0. The van der Waals surface area contributed by atoms with Crippen LogP contribution in [-0.4, -0.2) is 32.7 Å². The number of nitrogens with zero attached hydrogens (tertiary/aromatic N) is 4. The molecule has 0 aliphatic carbocycles. The molecule has 3 aromatic heterocycles. The highest BCUT2D eigenvalue weighted by Gasteiger charge is 2.29. The van der Waals surface area contributed by atoms with Crippen molar-refractivity contribution < 1.29 is 5.11 Å². The highest BCUT2D eigenvalue weighted by Crippen LogP contribution is 2.44. The van der Waals surface area contributed by atoms with E-state index < -0.39 is 8.07 Å². The average Bonchev–Trinajstić information content (AvgIpc) is 3.54. The lowest BCUT2D eigenvalue weighted by molar-refractivity contribution is 0.445. The second kappa shape index (κ2) is 14.1. The third-order valence-corrected chi connectivity index (χ3v) is 12.6. The van der Waals surface area contributed by atoms with Crippen LogP contribution in [0.1, 0.15) is 72.6 Å². The van der Waals surface area contributed by atoms with Gasteiger partial charge in [0.1, 0.15) is 17.1 Å². The van der Waals surface area contributed by atoms with Crippen molar-refractivity contribution in [3.05, 3.63) is 127 Å². The van der Waals surface area contributed by atoms with Crippen LogP contribution in [0.25, 0.3) is 67.2 Å². The summed E-state index contributed by atoms with van der Waals surface area (Å²) in [6.45, 7) is 24.6. The van der Waals surface area contributed by atoms with Gasteiger partial charge in [-0.25, -0.2) is 9.97 Å². The fraction of sp³-hybridized carbons (Fsp3) is 0.286. The average molecular weight is 743 g/mol. The number of benzene rings is 4. The first-order valence-corrected chi connectivity index (χ1v) is 22.9. The zero-order valence-electron chi connectivity index (χ0n) is 34.3. The van der Waals surface area contributed by atoms with Gasteiger partial charge in [0, 0.05) is 35.1 Å². The zero-order chi connectivity index (χ0) is 39.4. The van der Waals surface area contributed by atoms with E-state index in [-0.39, 0.29) is 22.6 Å². The van der Waals surface area contributed by atoms with Crippen molar-refractivity contribution >= 4 is 24.4 Å². The van der Waals surface area contributed by atoms with E-state index in [1.807, 2.05) is 6.20 Å². The predicted molar refractivity (Wildman–Crippen MR) is 235 cm³/mol. The summed E-state index contributed by atoms with van der Waals surface area (Å²) in [5.41, 5.74) is 12.6. The van der Waals surface area contributed by atoms with Crippen molar-refractivity contribution in [3.8, 4) is 61.8 Å². The quantitative estimate of drug-likeness (QED) is 0.165. The zero-order valence-corrected chi connectivity index (χ0v) is 35.3. The Balaban J connectivity index is 1.50. The Bertz CT molecular complexity index is 2510. The fourth-order valence-electron chi connectivity index (χ4n) is 7.51. The van der Waals surface area contributed by atoms with Crippen LogP contribution < -0.4 is 5.19 Å². The maximum Gasteiger partial charge on any atom is 0.161 e. The molecule has 0 radical (unpaired) electrons. The molecule has 3 heterocycles. The normalized spacial score (nSPS) is 12.5. The highest BCUT2D eigenvalue weighted by atomic mass is 28.3. The third-order valence-electron chi connectivity index (χ3n) is 10.6. The number of phenolic OH excluding ortho intramolecular Hbond substituents is 1. The van der Waals surface area contributed by atoms with E-state index in [2.05, 4.69) is 189 Å². The topological polar surface area (TPSA) is 63.8 Å². The summed E-state index contributed by atoms with van der Waals surface area (Å²) in [6.07, 6.45) is 4.00. The lowest BCUT2D eigenvalue weighted by atomic mass is 9.79. The van der Waals surface area contributed by atoms with E-state index >= 15 is 0 Å². The number of rotatable bonds is 7. The molecular weight excluding hydrogens is 689 g/mol. The molecule has 6 heteroatoms. The number of aromatic nitrogens is 4. The second-order valence-electron chi connectivity index (χ2n) is 18.2. The van der Waals surface area contributed by atoms with Crippen molar-refractivity contribution in [3.63, 3.8) is 0 Å². The molecule has 0 aliphatic rings. The van der Waals surface area contributed by atoms with E-state index in [0.29, 0.717) is 0 Å². The Morgan fingerprint density at radius 2 is 1.24 bits per heavy atom. The van der Waals surface area contributed by atoms with Crippen LogP contribution in [0.4, 0.5) is 0 Å². The summed E-state index contributed by atoms with van der Waals surface area (Å²) >= 11 is 0. The van der Waals surface area contributed by atoms with Gasteiger partial charge in [0.15, 0.2) is 5.65 Å². The first-order valence-electron chi connectivity index (χ1n) is 19.4. The molecule has 1 N–H and O–H groups in total. The van der Waals surface area contributed by atoms with E-state index in [1.165, 1.54) is 16.3 Å². The molecule has 280 valence electrons. The number of hydrogen-bond donors (Lipinski definition) is 1. The smallest absolute Gasteiger partial charge is 0.161 e. The van der Waals surface area contributed by atoms with Crippen LogP contribution in [0.5, 0.6) is 5.75 Å². The van der Waals surface area contributed by atoms with Crippen molar-refractivity contribution in [1.29, 1.82) is 0 Å². The number of imidazole rings is 1. The van der Waals surface area contributed by atoms with Crippen LogP contribution in [0.2, 0.25) is 19.6 Å². The number of hydrogen-bond acceptors (Lipinski definition) is 4. The Morgan fingerprint density at radius 1 is 0.618 bits per heavy atom. The summed E-state index contributed by atoms with van der Waals surface area (Å²) < 4.78 is 2.18. The molecule has 0 aliphatic heterocycles. The number of pyridine rings is 2. The minimum atomic E-state index is -1.71. The molecule has 0 saturated carbocycles. The van der Waals surface area contributed by atoms with Gasteiger partial charge >= 0.3 is 0 Å². The Morgan fingerprint density at radius 3 is 1.84 bits per heavy atom. The van der Waals surface area contributed by atoms with Gasteiger partial charge in [-0.2, -0.15) is 0 Å². The first kappa shape index (κ1) is 38.0. The molecule has 0 saturated heterocycles. The molecule has 0 unspecified atom stereocenters. The van der Waals surface area contributed by atoms with Gasteiger partial charge in [-0.3, -0.25) is 4.98 Å². The molecule has 7 rings (SSSR count). The summed E-state index contributed by atoms with van der Waals surface area (Å²) in [7, 11) is -1.71. The van der Waals surface area contributed by atoms with Gasteiger partial charge in [0.2, 0.25) is 0 Å². The van der Waals surface area contributed by atoms with Gasteiger partial charge in [0.25, 0.3) is 0 Å². The number of phenols is 1. The molecule has 0 bridgehead atoms. The third kappa shape index (κ3) is 7.40. The van der Waals surface area contributed by atoms with Crippen molar-refractivity contribution in [2.24, 2.45) is 0 Å². The van der Waals surface area contributed by atoms with Crippen molar-refractivity contribution in [1.82, 2.24) is 19.5 Å². The highest BCUT2D eigenvalue weighted by molar-refractivity contribution is 6.89. The van der Waals surface area contributed by atoms with E-state index in [9.17, 15) is 5.11 Å². The minimum absolute atomic E-state index is 0.0373. The fourth-order valence-corrected chi connectivity index (χ4v) is 8.98. The molecule has 7 aromatic rings. The van der Waals surface area contributed by atoms with Crippen LogP contribution in [0.3, 0.4) is 0 Å². The van der Waals surface area contributed by atoms with Crippen molar-refractivity contribution in [2.75, 3.05) is 0 Å². The molecule has 0 amide bonds. The summed E-state index contributed by atoms with van der Waals surface area (Å²) in [6, 6.07) is 36.7. The van der Waals surface area contributed by atoms with E-state index in [4.69, 9.17) is 15.0 Å². The van der Waals surface area contributed by atoms with Gasteiger partial charge in [-0.05, 0) is 99.6 Å². The molecule has 0 fully saturated rings. The Kier molecular flexibility index (Phi) is 9.71. The van der Waals surface area contributed by atoms with Gasteiger partial charge in [-0.15, -0.1) is 0 Å². The van der Waals surface area contributed by atoms with Crippen molar-refractivity contribution in [2.45, 2.75) is 91.9 Å². The molecule has 5 nitrogen and oxygen atoms in total. The Labute approximate surface area is 328 Å².